The minimum absolute atomic E-state index is 0.00827. The van der Waals surface area contributed by atoms with Crippen LogP contribution in [0, 0.1) is 0 Å². The van der Waals surface area contributed by atoms with E-state index in [0.29, 0.717) is 11.3 Å². The molecule has 2 aromatic carbocycles. The Bertz CT molecular complexity index is 1310. The van der Waals surface area contributed by atoms with Gasteiger partial charge >= 0.3 is 16.1 Å². The molecule has 12 heteroatoms. The van der Waals surface area contributed by atoms with Crippen LogP contribution in [0.25, 0.3) is 0 Å². The number of carbonyl (C=O) groups is 3. The van der Waals surface area contributed by atoms with Crippen LogP contribution < -0.4 is 10.1 Å². The second kappa shape index (κ2) is 10.6. The van der Waals surface area contributed by atoms with Crippen molar-refractivity contribution in [3.05, 3.63) is 77.2 Å². The highest BCUT2D eigenvalue weighted by Gasteiger charge is 2.55. The first-order valence-corrected chi connectivity index (χ1v) is 13.7. The molecule has 36 heavy (non-hydrogen) atoms. The van der Waals surface area contributed by atoms with Gasteiger partial charge in [0.05, 0.1) is 25.5 Å². The van der Waals surface area contributed by atoms with Crippen molar-refractivity contribution in [2.75, 3.05) is 19.1 Å². The molecule has 190 valence electrons. The predicted molar refractivity (Wildman–Crippen MR) is 131 cm³/mol. The minimum atomic E-state index is -3.98. The molecule has 0 aromatic heterocycles. The molecule has 0 radical (unpaired) electrons. The average molecular weight is 533 g/mol. The van der Waals surface area contributed by atoms with Crippen LogP contribution >= 0.6 is 11.8 Å². The van der Waals surface area contributed by atoms with E-state index in [4.69, 9.17) is 13.7 Å². The summed E-state index contributed by atoms with van der Waals surface area (Å²) in [6.45, 7) is -0.171. The summed E-state index contributed by atoms with van der Waals surface area (Å²) in [5.74, 6) is -1.54. The monoisotopic (exact) mass is 532 g/mol. The van der Waals surface area contributed by atoms with Gasteiger partial charge in [-0.1, -0.05) is 48.5 Å². The fraction of sp³-hybridized carbons (Fsp3) is 0.292. The van der Waals surface area contributed by atoms with Gasteiger partial charge in [-0.25, -0.2) is 4.79 Å². The molecule has 4 rings (SSSR count). The normalized spacial score (nSPS) is 19.2. The van der Waals surface area contributed by atoms with Crippen molar-refractivity contribution < 1.29 is 36.5 Å². The van der Waals surface area contributed by atoms with Crippen LogP contribution in [-0.2, 0) is 46.4 Å². The Hall–Kier alpha value is -3.51. The maximum Gasteiger partial charge on any atom is 0.359 e. The molecule has 2 heterocycles. The molecular weight excluding hydrogens is 508 g/mol. The average Bonchev–Trinajstić information content (AvgIpc) is 2.85. The summed E-state index contributed by atoms with van der Waals surface area (Å²) >= 11 is 1.18. The van der Waals surface area contributed by atoms with Gasteiger partial charge in [-0.05, 0) is 11.6 Å². The fourth-order valence-electron chi connectivity index (χ4n) is 3.87. The van der Waals surface area contributed by atoms with Gasteiger partial charge in [0, 0.05) is 5.56 Å². The Kier molecular flexibility index (Phi) is 7.55. The molecule has 10 nitrogen and oxygen atoms in total. The summed E-state index contributed by atoms with van der Waals surface area (Å²) in [6.07, 6.45) is 0.938. The molecular formula is C24H24N2O8S2. The van der Waals surface area contributed by atoms with Crippen LogP contribution in [0.4, 0.5) is 0 Å². The van der Waals surface area contributed by atoms with Crippen LogP contribution in [0.1, 0.15) is 11.1 Å². The minimum Gasteiger partial charge on any atom is -0.496 e. The Morgan fingerprint density at radius 3 is 2.50 bits per heavy atom. The van der Waals surface area contributed by atoms with Gasteiger partial charge in [0.25, 0.3) is 5.91 Å². The molecule has 0 unspecified atom stereocenters. The predicted octanol–water partition coefficient (Wildman–Crippen LogP) is 1.57. The highest BCUT2D eigenvalue weighted by molar-refractivity contribution is 8.00. The summed E-state index contributed by atoms with van der Waals surface area (Å²) in [5, 5.41) is 2.10. The number of para-hydroxylation sites is 1. The lowest BCUT2D eigenvalue weighted by Gasteiger charge is -2.49. The number of ether oxygens (including phenoxy) is 2. The van der Waals surface area contributed by atoms with E-state index in [0.717, 1.165) is 16.7 Å². The maximum absolute atomic E-state index is 13.1. The smallest absolute Gasteiger partial charge is 0.359 e. The highest BCUT2D eigenvalue weighted by atomic mass is 32.2. The number of β-lactam (4-membered cyclic amide) rings is 1. The van der Waals surface area contributed by atoms with Crippen LogP contribution in [0.2, 0.25) is 0 Å². The Labute approximate surface area is 212 Å². The van der Waals surface area contributed by atoms with E-state index >= 15 is 0 Å². The van der Waals surface area contributed by atoms with Gasteiger partial charge in [-0.3, -0.25) is 14.5 Å². The summed E-state index contributed by atoms with van der Waals surface area (Å²) < 4.78 is 39.3. The molecule has 0 aliphatic carbocycles. The van der Waals surface area contributed by atoms with Crippen molar-refractivity contribution in [3.63, 3.8) is 0 Å². The number of esters is 1. The van der Waals surface area contributed by atoms with E-state index in [1.54, 1.807) is 36.4 Å². The summed E-state index contributed by atoms with van der Waals surface area (Å²) in [4.78, 5) is 39.7. The molecule has 0 saturated carbocycles. The number of thioether (sulfide) groups is 1. The van der Waals surface area contributed by atoms with E-state index in [-0.39, 0.29) is 36.1 Å². The second-order valence-corrected chi connectivity index (χ2v) is 10.7. The maximum atomic E-state index is 13.1. The number of amides is 2. The first kappa shape index (κ1) is 25.6. The summed E-state index contributed by atoms with van der Waals surface area (Å²) in [7, 11) is -2.49. The third kappa shape index (κ3) is 5.65. The zero-order chi connectivity index (χ0) is 25.9. The van der Waals surface area contributed by atoms with Crippen molar-refractivity contribution in [3.8, 4) is 5.75 Å². The number of rotatable bonds is 9. The number of hydrogen-bond acceptors (Lipinski definition) is 9. The molecule has 0 bridgehead atoms. The lowest BCUT2D eigenvalue weighted by atomic mass is 10.0. The third-order valence-corrected chi connectivity index (χ3v) is 7.21. The van der Waals surface area contributed by atoms with E-state index < -0.39 is 33.4 Å². The number of fused-ring (bicyclic) bond motifs is 1. The van der Waals surface area contributed by atoms with Crippen molar-refractivity contribution >= 4 is 39.7 Å². The van der Waals surface area contributed by atoms with Gasteiger partial charge in [0.15, 0.2) is 11.5 Å². The molecule has 2 aromatic rings. The second-order valence-electron chi connectivity index (χ2n) is 8.06. The zero-order valence-corrected chi connectivity index (χ0v) is 21.1. The molecule has 0 spiro atoms. The molecule has 1 N–H and O–H groups in total. The molecule has 2 atom stereocenters. The number of methoxy groups -OCH3 is 1. The van der Waals surface area contributed by atoms with E-state index in [9.17, 15) is 22.8 Å². The molecule has 2 aliphatic heterocycles. The summed E-state index contributed by atoms with van der Waals surface area (Å²) in [5.41, 5.74) is 1.08. The summed E-state index contributed by atoms with van der Waals surface area (Å²) in [6, 6.07) is 15.1. The Morgan fingerprint density at radius 2 is 1.81 bits per heavy atom. The van der Waals surface area contributed by atoms with Gasteiger partial charge in [0.1, 0.15) is 23.8 Å². The topological polar surface area (TPSA) is 128 Å². The number of nitrogens with zero attached hydrogens (tertiary/aromatic N) is 1. The lowest BCUT2D eigenvalue weighted by Crippen LogP contribution is -2.70. The van der Waals surface area contributed by atoms with E-state index in [1.807, 2.05) is 18.2 Å². The first-order valence-electron chi connectivity index (χ1n) is 10.9. The largest absolute Gasteiger partial charge is 0.496 e. The van der Waals surface area contributed by atoms with E-state index in [2.05, 4.69) is 5.32 Å². The van der Waals surface area contributed by atoms with Crippen molar-refractivity contribution in [1.29, 1.82) is 0 Å². The quantitative estimate of drug-likeness (QED) is 0.291. The Morgan fingerprint density at radius 1 is 1.11 bits per heavy atom. The van der Waals surface area contributed by atoms with Crippen molar-refractivity contribution in [2.24, 2.45) is 0 Å². The SMILES string of the molecule is COc1ccccc1COC(=O)C1=C(OS(C)(=O)=O)CS[C@@H]2[C@H](NC(=O)Cc3ccccc3)C(=O)N12. The highest BCUT2D eigenvalue weighted by Crippen LogP contribution is 2.41. The van der Waals surface area contributed by atoms with Crippen molar-refractivity contribution in [2.45, 2.75) is 24.4 Å². The standard InChI is InChI=1S/C24H24N2O8S2/c1-32-17-11-7-6-10-16(17)13-33-24(29)21-18(34-36(2,30)31)14-35-23-20(22(28)26(21)23)25-19(27)12-15-8-4-3-5-9-15/h3-11,20,23H,12-14H2,1-2H3,(H,25,27)/t20-,23-/m1/s1. The van der Waals surface area contributed by atoms with Gasteiger partial charge < -0.3 is 19.0 Å². The lowest BCUT2D eigenvalue weighted by molar-refractivity contribution is -0.153. The first-order chi connectivity index (χ1) is 17.2. The van der Waals surface area contributed by atoms with Gasteiger partial charge in [-0.2, -0.15) is 8.42 Å². The molecule has 2 amide bonds. The molecule has 2 aliphatic rings. The van der Waals surface area contributed by atoms with Crippen LogP contribution in [0.5, 0.6) is 5.75 Å². The van der Waals surface area contributed by atoms with Crippen LogP contribution in [0.15, 0.2) is 66.1 Å². The van der Waals surface area contributed by atoms with Gasteiger partial charge in [0.2, 0.25) is 5.91 Å². The van der Waals surface area contributed by atoms with E-state index in [1.165, 1.54) is 18.9 Å². The van der Waals surface area contributed by atoms with Crippen LogP contribution in [0.3, 0.4) is 0 Å². The van der Waals surface area contributed by atoms with Crippen LogP contribution in [-0.4, -0.2) is 61.6 Å². The van der Waals surface area contributed by atoms with Gasteiger partial charge in [-0.15, -0.1) is 11.8 Å². The molecule has 1 saturated heterocycles. The van der Waals surface area contributed by atoms with Crippen molar-refractivity contribution in [1.82, 2.24) is 10.2 Å². The number of nitrogens with one attached hydrogen (secondary N) is 1. The zero-order valence-electron chi connectivity index (χ0n) is 19.5. The fourth-order valence-corrected chi connectivity index (χ4v) is 5.70. The Balaban J connectivity index is 1.51. The number of carbonyl (C=O) groups excluding carboxylic acids is 3. The number of benzene rings is 2. The third-order valence-electron chi connectivity index (χ3n) is 5.45. The molecule has 1 fully saturated rings. The number of hydrogen-bond donors (Lipinski definition) is 1.